The molecule has 3 aromatic rings. The van der Waals surface area contributed by atoms with Gasteiger partial charge in [-0.05, 0) is 69.3 Å². The van der Waals surface area contributed by atoms with Crippen molar-refractivity contribution in [1.29, 1.82) is 0 Å². The van der Waals surface area contributed by atoms with E-state index in [2.05, 4.69) is 9.98 Å². The molecule has 42 heavy (non-hydrogen) atoms. The number of carboxylic acid groups (broad SMARTS) is 1. The molecule has 2 aromatic heterocycles. The van der Waals surface area contributed by atoms with Crippen LogP contribution < -0.4 is 15.3 Å². The van der Waals surface area contributed by atoms with Gasteiger partial charge in [0.2, 0.25) is 0 Å². The number of alkyl halides is 3. The highest BCUT2D eigenvalue weighted by Crippen LogP contribution is 2.47. The summed E-state index contributed by atoms with van der Waals surface area (Å²) >= 11 is 1.20. The summed E-state index contributed by atoms with van der Waals surface area (Å²) in [5.74, 6) is -3.23. The van der Waals surface area contributed by atoms with Crippen molar-refractivity contribution in [3.63, 3.8) is 0 Å². The number of carboxylic acids is 1. The largest absolute Gasteiger partial charge is 0.487 e. The van der Waals surface area contributed by atoms with Crippen molar-refractivity contribution >= 4 is 33.4 Å². The predicted octanol–water partition coefficient (Wildman–Crippen LogP) is 6.43. The van der Waals surface area contributed by atoms with E-state index in [1.165, 1.54) is 11.3 Å². The Labute approximate surface area is 246 Å². The molecular weight excluding hydrogens is 569 g/mol. The second kappa shape index (κ2) is 12.5. The number of fused-ring (bicyclic) bond motifs is 1. The Morgan fingerprint density at radius 1 is 1.21 bits per heavy atom. The van der Waals surface area contributed by atoms with Gasteiger partial charge in [-0.3, -0.25) is 14.6 Å². The molecular formula is C30H37F3N4O4S. The lowest BCUT2D eigenvalue weighted by atomic mass is 9.61. The number of carbonyl (C=O) groups excluding carboxylic acids is 1. The van der Waals surface area contributed by atoms with Crippen LogP contribution in [0.2, 0.25) is 0 Å². The first-order chi connectivity index (χ1) is 19.8. The summed E-state index contributed by atoms with van der Waals surface area (Å²) in [6, 6.07) is 4.67. The molecule has 1 fully saturated rings. The van der Waals surface area contributed by atoms with Gasteiger partial charge >= 0.3 is 12.1 Å². The number of aromatic nitrogens is 2. The number of aryl methyl sites for hydroxylation is 1. The van der Waals surface area contributed by atoms with Crippen LogP contribution in [-0.2, 0) is 17.5 Å². The third-order valence-electron chi connectivity index (χ3n) is 8.13. The fourth-order valence-electron chi connectivity index (χ4n) is 6.22. The lowest BCUT2D eigenvalue weighted by Crippen LogP contribution is -2.55. The first-order valence-corrected chi connectivity index (χ1v) is 15.0. The molecule has 12 heteroatoms. The molecule has 1 atom stereocenters. The van der Waals surface area contributed by atoms with E-state index < -0.39 is 46.1 Å². The topological polar surface area (TPSA) is 120 Å². The Morgan fingerprint density at radius 2 is 1.93 bits per heavy atom. The molecule has 8 nitrogen and oxygen atoms in total. The van der Waals surface area contributed by atoms with Crippen molar-refractivity contribution in [2.45, 2.75) is 84.0 Å². The minimum atomic E-state index is -4.83. The average molecular weight is 607 g/mol. The Hall–Kier alpha value is -3.25. The fraction of sp³-hybridized carbons (Fsp3) is 0.533. The molecule has 228 valence electrons. The summed E-state index contributed by atoms with van der Waals surface area (Å²) in [4.78, 5) is 34.6. The van der Waals surface area contributed by atoms with Crippen molar-refractivity contribution in [2.24, 2.45) is 22.1 Å². The summed E-state index contributed by atoms with van der Waals surface area (Å²) in [7, 11) is 0. The standard InChI is InChI=1S/C30H37F3N4O4S/c1-4-5-15-37-22-17-35-14-11-23(22)42-27(37)36-25(38)20-16-19(9-10-21(20)30(31,32)33)41-28(2,3)24(26(39)40)29(18-34)12-7-6-8-13-29/h9-11,14,16-17,24H,4-8,12-13,15,18,34H2,1-3H3,(H,39,40)/t24-/m1/s1. The Morgan fingerprint density at radius 3 is 2.55 bits per heavy atom. The lowest BCUT2D eigenvalue weighted by molar-refractivity contribution is -0.159. The molecule has 1 aliphatic carbocycles. The monoisotopic (exact) mass is 606 g/mol. The van der Waals surface area contributed by atoms with E-state index in [9.17, 15) is 27.9 Å². The molecule has 4 rings (SSSR count). The van der Waals surface area contributed by atoms with E-state index in [0.717, 1.165) is 60.5 Å². The summed E-state index contributed by atoms with van der Waals surface area (Å²) in [6.45, 7) is 5.88. The fourth-order valence-corrected chi connectivity index (χ4v) is 7.24. The molecule has 3 N–H and O–H groups in total. The van der Waals surface area contributed by atoms with Gasteiger partial charge in [-0.2, -0.15) is 18.2 Å². The lowest BCUT2D eigenvalue weighted by Gasteiger charge is -2.47. The zero-order valence-electron chi connectivity index (χ0n) is 24.0. The molecule has 0 aliphatic heterocycles. The van der Waals surface area contributed by atoms with E-state index >= 15 is 0 Å². The normalized spacial score (nSPS) is 16.9. The van der Waals surface area contributed by atoms with Crippen LogP contribution in [0.5, 0.6) is 5.75 Å². The average Bonchev–Trinajstić information content (AvgIpc) is 3.27. The summed E-state index contributed by atoms with van der Waals surface area (Å²) in [5, 5.41) is 10.3. The SMILES string of the molecule is CCCCn1c(=NC(=O)c2cc(OC(C)(C)[C@@H](C(=O)O)C3(CN)CCCCC3)ccc2C(F)(F)F)sc2ccncc21. The first kappa shape index (κ1) is 31.7. The molecule has 1 saturated carbocycles. The van der Waals surface area contributed by atoms with Crippen molar-refractivity contribution in [3.05, 3.63) is 52.6 Å². The van der Waals surface area contributed by atoms with Gasteiger partial charge in [-0.15, -0.1) is 0 Å². The maximum atomic E-state index is 14.1. The van der Waals surface area contributed by atoms with Crippen LogP contribution in [0.3, 0.4) is 0 Å². The first-order valence-electron chi connectivity index (χ1n) is 14.2. The number of nitrogens with zero attached hydrogens (tertiary/aromatic N) is 3. The number of hydrogen-bond donors (Lipinski definition) is 2. The van der Waals surface area contributed by atoms with Crippen molar-refractivity contribution in [2.75, 3.05) is 6.54 Å². The maximum Gasteiger partial charge on any atom is 0.417 e. The van der Waals surface area contributed by atoms with Crippen LogP contribution in [0.25, 0.3) is 10.2 Å². The van der Waals surface area contributed by atoms with E-state index in [1.807, 2.05) is 6.92 Å². The van der Waals surface area contributed by atoms with Gasteiger partial charge in [0.15, 0.2) is 4.80 Å². The second-order valence-electron chi connectivity index (χ2n) is 11.5. The number of benzene rings is 1. The van der Waals surface area contributed by atoms with E-state index in [-0.39, 0.29) is 17.1 Å². The van der Waals surface area contributed by atoms with Crippen LogP contribution in [0.1, 0.15) is 81.6 Å². The number of nitrogens with two attached hydrogens (primary N) is 1. The van der Waals surface area contributed by atoms with Gasteiger partial charge in [-0.1, -0.05) is 43.9 Å². The number of rotatable bonds is 10. The number of ether oxygens (including phenoxy) is 1. The van der Waals surface area contributed by atoms with E-state index in [0.29, 0.717) is 19.4 Å². The summed E-state index contributed by atoms with van der Waals surface area (Å²) in [5.41, 5.74) is 3.00. The zero-order chi connectivity index (χ0) is 30.7. The van der Waals surface area contributed by atoms with Gasteiger partial charge in [0.1, 0.15) is 17.3 Å². The third kappa shape index (κ3) is 6.54. The van der Waals surface area contributed by atoms with E-state index in [1.54, 1.807) is 36.9 Å². The van der Waals surface area contributed by atoms with Gasteiger partial charge in [0.25, 0.3) is 5.91 Å². The molecule has 0 radical (unpaired) electrons. The van der Waals surface area contributed by atoms with Crippen LogP contribution >= 0.6 is 11.3 Å². The zero-order valence-corrected chi connectivity index (χ0v) is 24.9. The number of amides is 1. The number of hydrogen-bond acceptors (Lipinski definition) is 6. The number of unbranched alkanes of at least 4 members (excludes halogenated alkanes) is 1. The van der Waals surface area contributed by atoms with E-state index in [4.69, 9.17) is 10.5 Å². The molecule has 2 heterocycles. The number of thiazole rings is 1. The van der Waals surface area contributed by atoms with Crippen LogP contribution in [0.4, 0.5) is 13.2 Å². The van der Waals surface area contributed by atoms with Gasteiger partial charge in [0.05, 0.1) is 27.5 Å². The number of halogens is 3. The molecule has 0 spiro atoms. The highest BCUT2D eigenvalue weighted by Gasteiger charge is 2.52. The third-order valence-corrected chi connectivity index (χ3v) is 9.19. The van der Waals surface area contributed by atoms with Gasteiger partial charge in [0, 0.05) is 12.7 Å². The predicted molar refractivity (Wildman–Crippen MR) is 154 cm³/mol. The summed E-state index contributed by atoms with van der Waals surface area (Å²) in [6.07, 6.45) is 3.96. The Bertz CT molecular complexity index is 1510. The number of carbonyl (C=O) groups is 2. The van der Waals surface area contributed by atoms with Gasteiger partial charge < -0.3 is 20.1 Å². The number of aliphatic carboxylic acids is 1. The molecule has 0 bridgehead atoms. The molecule has 0 saturated heterocycles. The van der Waals surface area contributed by atoms with Crippen molar-refractivity contribution < 1.29 is 32.6 Å². The summed E-state index contributed by atoms with van der Waals surface area (Å²) < 4.78 is 50.9. The van der Waals surface area contributed by atoms with Gasteiger partial charge in [-0.25, -0.2) is 0 Å². The highest BCUT2D eigenvalue weighted by atomic mass is 32.1. The Kier molecular flexibility index (Phi) is 9.46. The molecule has 1 amide bonds. The Balaban J connectivity index is 1.77. The van der Waals surface area contributed by atoms with Crippen LogP contribution in [0.15, 0.2) is 41.7 Å². The molecule has 0 unspecified atom stereocenters. The quantitative estimate of drug-likeness (QED) is 0.275. The smallest absolute Gasteiger partial charge is 0.417 e. The maximum absolute atomic E-state index is 14.1. The second-order valence-corrected chi connectivity index (χ2v) is 12.5. The minimum absolute atomic E-state index is 0.0554. The van der Waals surface area contributed by atoms with Crippen molar-refractivity contribution in [1.82, 2.24) is 9.55 Å². The number of pyridine rings is 1. The van der Waals surface area contributed by atoms with Crippen molar-refractivity contribution in [3.8, 4) is 5.75 Å². The van der Waals surface area contributed by atoms with Crippen LogP contribution in [0, 0.1) is 11.3 Å². The molecule has 1 aliphatic rings. The minimum Gasteiger partial charge on any atom is -0.487 e. The highest BCUT2D eigenvalue weighted by molar-refractivity contribution is 7.16. The molecule has 1 aromatic carbocycles. The van der Waals surface area contributed by atoms with Crippen LogP contribution in [-0.4, -0.2) is 38.7 Å².